The summed E-state index contributed by atoms with van der Waals surface area (Å²) in [5.74, 6) is 0.158. The van der Waals surface area contributed by atoms with E-state index in [0.29, 0.717) is 6.42 Å². The summed E-state index contributed by atoms with van der Waals surface area (Å²) in [6.07, 6.45) is 4.13. The van der Waals surface area contributed by atoms with Gasteiger partial charge in [0.25, 0.3) is 0 Å². The van der Waals surface area contributed by atoms with Crippen LogP contribution in [-0.4, -0.2) is 48.4 Å². The van der Waals surface area contributed by atoms with Gasteiger partial charge in [-0.15, -0.1) is 0 Å². The molecule has 0 aromatic rings. The number of rotatable bonds is 4. The van der Waals surface area contributed by atoms with Crippen molar-refractivity contribution in [3.8, 4) is 0 Å². The summed E-state index contributed by atoms with van der Waals surface area (Å²) in [6, 6.07) is 0.00544. The van der Waals surface area contributed by atoms with Crippen molar-refractivity contribution in [3.05, 3.63) is 0 Å². The fourth-order valence-electron chi connectivity index (χ4n) is 2.77. The highest BCUT2D eigenvalue weighted by Gasteiger charge is 2.34. The largest absolute Gasteiger partial charge is 0.350 e. The van der Waals surface area contributed by atoms with Crippen molar-refractivity contribution in [2.24, 2.45) is 0 Å². The molecular weight excluding hydrogens is 230 g/mol. The lowest BCUT2D eigenvalue weighted by molar-refractivity contribution is -0.138. The highest BCUT2D eigenvalue weighted by atomic mass is 16.2. The van der Waals surface area contributed by atoms with Crippen molar-refractivity contribution in [1.29, 1.82) is 0 Å². The standard InChI is InChI=1S/C13H23N3O2/c1-2-4-12(17)16-8-3-5-11(16)13(18)15-10-6-7-14-9-10/h10-11,14H,2-9H2,1H3,(H,15,18). The lowest BCUT2D eigenvalue weighted by Crippen LogP contribution is -2.49. The number of nitrogens with zero attached hydrogens (tertiary/aromatic N) is 1. The Bertz CT molecular complexity index is 313. The van der Waals surface area contributed by atoms with Gasteiger partial charge < -0.3 is 15.5 Å². The SMILES string of the molecule is CCCC(=O)N1CCCC1C(=O)NC1CCNC1. The van der Waals surface area contributed by atoms with Gasteiger partial charge in [-0.25, -0.2) is 0 Å². The first kappa shape index (κ1) is 13.3. The fraction of sp³-hybridized carbons (Fsp3) is 0.846. The van der Waals surface area contributed by atoms with E-state index < -0.39 is 0 Å². The van der Waals surface area contributed by atoms with E-state index >= 15 is 0 Å². The topological polar surface area (TPSA) is 61.4 Å². The maximum absolute atomic E-state index is 12.2. The monoisotopic (exact) mass is 253 g/mol. The number of carbonyl (C=O) groups is 2. The molecular formula is C13H23N3O2. The minimum Gasteiger partial charge on any atom is -0.350 e. The van der Waals surface area contributed by atoms with E-state index in [-0.39, 0.29) is 23.9 Å². The second-order valence-electron chi connectivity index (χ2n) is 5.19. The maximum Gasteiger partial charge on any atom is 0.243 e. The molecule has 2 unspecified atom stereocenters. The zero-order valence-corrected chi connectivity index (χ0v) is 11.1. The second-order valence-corrected chi connectivity index (χ2v) is 5.19. The van der Waals surface area contributed by atoms with E-state index in [1.807, 2.05) is 6.92 Å². The molecule has 18 heavy (non-hydrogen) atoms. The van der Waals surface area contributed by atoms with Crippen LogP contribution in [0.3, 0.4) is 0 Å². The highest BCUT2D eigenvalue weighted by molar-refractivity contribution is 5.88. The molecule has 2 heterocycles. The van der Waals surface area contributed by atoms with Crippen LogP contribution >= 0.6 is 0 Å². The third-order valence-corrected chi connectivity index (χ3v) is 3.75. The number of carbonyl (C=O) groups excluding carboxylic acids is 2. The molecule has 2 rings (SSSR count). The van der Waals surface area contributed by atoms with Crippen LogP contribution in [0.2, 0.25) is 0 Å². The van der Waals surface area contributed by atoms with Crippen molar-refractivity contribution < 1.29 is 9.59 Å². The Morgan fingerprint density at radius 2 is 2.22 bits per heavy atom. The van der Waals surface area contributed by atoms with Crippen LogP contribution in [-0.2, 0) is 9.59 Å². The van der Waals surface area contributed by atoms with E-state index in [1.165, 1.54) is 0 Å². The van der Waals surface area contributed by atoms with Crippen molar-refractivity contribution in [2.75, 3.05) is 19.6 Å². The average Bonchev–Trinajstić information content (AvgIpc) is 2.99. The summed E-state index contributed by atoms with van der Waals surface area (Å²) in [6.45, 7) is 4.54. The Morgan fingerprint density at radius 1 is 1.39 bits per heavy atom. The van der Waals surface area contributed by atoms with Crippen molar-refractivity contribution in [2.45, 2.75) is 51.1 Å². The number of nitrogens with one attached hydrogen (secondary N) is 2. The molecule has 2 saturated heterocycles. The second kappa shape index (κ2) is 6.18. The van der Waals surface area contributed by atoms with Crippen LogP contribution in [0, 0.1) is 0 Å². The van der Waals surface area contributed by atoms with Gasteiger partial charge >= 0.3 is 0 Å². The number of likely N-dealkylation sites (tertiary alicyclic amines) is 1. The highest BCUT2D eigenvalue weighted by Crippen LogP contribution is 2.19. The van der Waals surface area contributed by atoms with Gasteiger partial charge in [-0.1, -0.05) is 6.92 Å². The zero-order valence-electron chi connectivity index (χ0n) is 11.1. The van der Waals surface area contributed by atoms with Crippen LogP contribution < -0.4 is 10.6 Å². The van der Waals surface area contributed by atoms with Gasteiger partial charge in [-0.2, -0.15) is 0 Å². The molecule has 102 valence electrons. The summed E-state index contributed by atoms with van der Waals surface area (Å²) >= 11 is 0. The molecule has 0 spiro atoms. The lowest BCUT2D eigenvalue weighted by Gasteiger charge is -2.25. The van der Waals surface area contributed by atoms with E-state index in [1.54, 1.807) is 4.90 Å². The lowest BCUT2D eigenvalue weighted by atomic mass is 10.1. The fourth-order valence-corrected chi connectivity index (χ4v) is 2.77. The van der Waals surface area contributed by atoms with Gasteiger partial charge in [-0.05, 0) is 32.2 Å². The van der Waals surface area contributed by atoms with Crippen LogP contribution in [0.25, 0.3) is 0 Å². The van der Waals surface area contributed by atoms with E-state index in [4.69, 9.17) is 0 Å². The van der Waals surface area contributed by atoms with E-state index in [0.717, 1.165) is 45.3 Å². The summed E-state index contributed by atoms with van der Waals surface area (Å²) < 4.78 is 0. The predicted molar refractivity (Wildman–Crippen MR) is 69.1 cm³/mol. The smallest absolute Gasteiger partial charge is 0.243 e. The molecule has 0 radical (unpaired) electrons. The number of amides is 2. The van der Waals surface area contributed by atoms with Crippen LogP contribution in [0.1, 0.15) is 39.0 Å². The maximum atomic E-state index is 12.2. The third kappa shape index (κ3) is 3.02. The predicted octanol–water partition coefficient (Wildman–Crippen LogP) is 0.256. The molecule has 2 aliphatic rings. The average molecular weight is 253 g/mol. The third-order valence-electron chi connectivity index (χ3n) is 3.75. The number of hydrogen-bond acceptors (Lipinski definition) is 3. The molecule has 2 fully saturated rings. The van der Waals surface area contributed by atoms with E-state index in [2.05, 4.69) is 10.6 Å². The molecule has 2 atom stereocenters. The minimum absolute atomic E-state index is 0.0330. The van der Waals surface area contributed by atoms with Crippen LogP contribution in [0.15, 0.2) is 0 Å². The molecule has 2 aliphatic heterocycles. The Morgan fingerprint density at radius 3 is 2.89 bits per heavy atom. The van der Waals surface area contributed by atoms with Gasteiger partial charge in [0, 0.05) is 25.6 Å². The van der Waals surface area contributed by atoms with Gasteiger partial charge in [0.2, 0.25) is 11.8 Å². The first-order chi connectivity index (χ1) is 8.72. The summed E-state index contributed by atoms with van der Waals surface area (Å²) in [5.41, 5.74) is 0. The Balaban J connectivity index is 1.89. The molecule has 0 saturated carbocycles. The van der Waals surface area contributed by atoms with Gasteiger partial charge in [0.1, 0.15) is 6.04 Å². The Hall–Kier alpha value is -1.10. The van der Waals surface area contributed by atoms with Crippen molar-refractivity contribution in [1.82, 2.24) is 15.5 Å². The summed E-state index contributed by atoms with van der Waals surface area (Å²) in [7, 11) is 0. The first-order valence-corrected chi connectivity index (χ1v) is 7.03. The van der Waals surface area contributed by atoms with Gasteiger partial charge in [0.15, 0.2) is 0 Å². The molecule has 2 N–H and O–H groups in total. The molecule has 5 nitrogen and oxygen atoms in total. The molecule has 0 bridgehead atoms. The quantitative estimate of drug-likeness (QED) is 0.755. The van der Waals surface area contributed by atoms with Crippen molar-refractivity contribution in [3.63, 3.8) is 0 Å². The summed E-state index contributed by atoms with van der Waals surface area (Å²) in [5, 5.41) is 6.28. The minimum atomic E-state index is -0.232. The molecule has 2 amide bonds. The first-order valence-electron chi connectivity index (χ1n) is 7.03. The molecule has 0 aliphatic carbocycles. The van der Waals surface area contributed by atoms with Crippen LogP contribution in [0.4, 0.5) is 0 Å². The van der Waals surface area contributed by atoms with E-state index in [9.17, 15) is 9.59 Å². The Kier molecular flexibility index (Phi) is 4.58. The number of hydrogen-bond donors (Lipinski definition) is 2. The van der Waals surface area contributed by atoms with Crippen molar-refractivity contribution >= 4 is 11.8 Å². The normalized spacial score (nSPS) is 27.5. The van der Waals surface area contributed by atoms with Crippen LogP contribution in [0.5, 0.6) is 0 Å². The van der Waals surface area contributed by atoms with Gasteiger partial charge in [-0.3, -0.25) is 9.59 Å². The molecule has 5 heteroatoms. The van der Waals surface area contributed by atoms with Gasteiger partial charge in [0.05, 0.1) is 0 Å². The molecule has 0 aromatic carbocycles. The molecule has 0 aromatic heterocycles. The summed E-state index contributed by atoms with van der Waals surface area (Å²) in [4.78, 5) is 25.9. The Labute approximate surface area is 108 Å². The zero-order chi connectivity index (χ0) is 13.0.